The number of alkyl halides is 3. The van der Waals surface area contributed by atoms with Crippen LogP contribution in [-0.4, -0.2) is 45.2 Å². The van der Waals surface area contributed by atoms with E-state index in [1.165, 1.54) is 13.8 Å². The molecule has 0 aromatic rings. The fraction of sp³-hybridized carbons (Fsp3) is 0.750. The number of aliphatic imine (C=N–C) groups is 1. The van der Waals surface area contributed by atoms with E-state index in [4.69, 9.17) is 9.84 Å². The molecule has 9 heteroatoms. The monoisotopic (exact) mass is 325 g/mol. The molecule has 1 saturated heterocycles. The third-order valence-corrected chi connectivity index (χ3v) is 5.29. The maximum absolute atomic E-state index is 12.6. The number of cyclic esters (lactones) is 1. The summed E-state index contributed by atoms with van der Waals surface area (Å²) >= 11 is -0.398. The van der Waals surface area contributed by atoms with Gasteiger partial charge in [-0.1, -0.05) is 6.92 Å². The highest BCUT2D eigenvalue weighted by molar-refractivity contribution is 8.01. The van der Waals surface area contributed by atoms with Crippen LogP contribution in [0.25, 0.3) is 0 Å². The van der Waals surface area contributed by atoms with E-state index in [0.717, 1.165) is 0 Å². The summed E-state index contributed by atoms with van der Waals surface area (Å²) in [4.78, 5) is 26.8. The first-order chi connectivity index (χ1) is 9.47. The van der Waals surface area contributed by atoms with Crippen LogP contribution in [0.1, 0.15) is 20.8 Å². The number of rotatable bonds is 3. The summed E-state index contributed by atoms with van der Waals surface area (Å²) < 4.78 is 42.8. The molecule has 0 saturated carbocycles. The predicted octanol–water partition coefficient (Wildman–Crippen LogP) is 2.10. The van der Waals surface area contributed by atoms with Crippen LogP contribution >= 0.6 is 11.8 Å². The molecule has 1 unspecified atom stereocenters. The Morgan fingerprint density at radius 1 is 1.43 bits per heavy atom. The van der Waals surface area contributed by atoms with E-state index in [0.29, 0.717) is 0 Å². The molecular formula is C12H14F3NO4S. The van der Waals surface area contributed by atoms with Gasteiger partial charge >= 0.3 is 17.4 Å². The van der Waals surface area contributed by atoms with Crippen molar-refractivity contribution in [2.45, 2.75) is 43.2 Å². The molecule has 1 N–H and O–H groups in total. The summed E-state index contributed by atoms with van der Waals surface area (Å²) in [6, 6.07) is 0. The zero-order valence-electron chi connectivity index (χ0n) is 11.5. The summed E-state index contributed by atoms with van der Waals surface area (Å²) in [5.41, 5.74) is -6.32. The molecule has 0 aromatic heterocycles. The Balaban J connectivity index is 2.37. The molecule has 1 fully saturated rings. The molecule has 2 aliphatic heterocycles. The number of carbonyl (C=O) groups excluding carboxylic acids is 1. The summed E-state index contributed by atoms with van der Waals surface area (Å²) in [7, 11) is 0. The van der Waals surface area contributed by atoms with Crippen molar-refractivity contribution in [2.75, 3.05) is 0 Å². The van der Waals surface area contributed by atoms with E-state index in [1.807, 2.05) is 0 Å². The Morgan fingerprint density at radius 3 is 2.38 bits per heavy atom. The van der Waals surface area contributed by atoms with Crippen LogP contribution in [0.2, 0.25) is 0 Å². The molecule has 21 heavy (non-hydrogen) atoms. The number of ether oxygens (including phenoxy) is 1. The lowest BCUT2D eigenvalue weighted by atomic mass is 9.72. The van der Waals surface area contributed by atoms with Gasteiger partial charge in [-0.05, 0) is 25.6 Å². The molecule has 2 heterocycles. The van der Waals surface area contributed by atoms with Gasteiger partial charge in [0.1, 0.15) is 17.7 Å². The Morgan fingerprint density at radius 2 is 2.00 bits per heavy atom. The van der Waals surface area contributed by atoms with Crippen LogP contribution in [0, 0.1) is 11.8 Å². The number of thioether (sulfide) groups is 1. The Kier molecular flexibility index (Phi) is 3.76. The molecule has 2 rings (SSSR count). The van der Waals surface area contributed by atoms with E-state index >= 15 is 0 Å². The molecule has 0 amide bonds. The first kappa shape index (κ1) is 16.1. The lowest BCUT2D eigenvalue weighted by Crippen LogP contribution is -2.57. The Labute approximate surface area is 122 Å². The van der Waals surface area contributed by atoms with Crippen molar-refractivity contribution in [1.29, 1.82) is 0 Å². The van der Waals surface area contributed by atoms with E-state index < -0.39 is 63.6 Å². The van der Waals surface area contributed by atoms with Gasteiger partial charge in [0.2, 0.25) is 0 Å². The number of aliphatic carboxylic acids is 1. The molecular weight excluding hydrogens is 311 g/mol. The van der Waals surface area contributed by atoms with E-state index in [9.17, 15) is 22.8 Å². The van der Waals surface area contributed by atoms with Gasteiger partial charge in [-0.2, -0.15) is 13.2 Å². The van der Waals surface area contributed by atoms with Gasteiger partial charge in [0.25, 0.3) is 0 Å². The molecule has 5 atom stereocenters. The van der Waals surface area contributed by atoms with Gasteiger partial charge < -0.3 is 9.84 Å². The highest BCUT2D eigenvalue weighted by Crippen LogP contribution is 2.50. The van der Waals surface area contributed by atoms with Crippen molar-refractivity contribution < 1.29 is 32.6 Å². The van der Waals surface area contributed by atoms with E-state index in [1.54, 1.807) is 6.92 Å². The Bertz CT molecular complexity index is 521. The molecule has 2 aliphatic rings. The highest BCUT2D eigenvalue weighted by atomic mass is 32.2. The van der Waals surface area contributed by atoms with Crippen molar-refractivity contribution >= 4 is 29.4 Å². The quantitative estimate of drug-likeness (QED) is 0.804. The fourth-order valence-electron chi connectivity index (χ4n) is 2.95. The summed E-state index contributed by atoms with van der Waals surface area (Å²) in [5, 5.41) is 7.77. The number of carboxylic acids is 1. The SMILES string of the molecule is C[C@H]1OC(=O)[C@H]1[C@]1(C)N=C(C(=O)O)C(SC(F)(F)F)[C@@H]1C. The number of hydrogen-bond donors (Lipinski definition) is 1. The Hall–Kier alpha value is -1.25. The van der Waals surface area contributed by atoms with Crippen LogP contribution in [0.4, 0.5) is 13.2 Å². The second kappa shape index (κ2) is 4.89. The molecule has 0 bridgehead atoms. The zero-order chi connectivity index (χ0) is 16.2. The number of esters is 1. The number of carbonyl (C=O) groups is 2. The number of halogens is 3. The number of nitrogens with zero attached hydrogens (tertiary/aromatic N) is 1. The molecule has 0 aromatic carbocycles. The maximum Gasteiger partial charge on any atom is 0.442 e. The minimum absolute atomic E-state index is 0.398. The summed E-state index contributed by atoms with van der Waals surface area (Å²) in [6.45, 7) is 4.62. The summed E-state index contributed by atoms with van der Waals surface area (Å²) in [5.74, 6) is -3.52. The lowest BCUT2D eigenvalue weighted by Gasteiger charge is -2.44. The maximum atomic E-state index is 12.6. The van der Waals surface area contributed by atoms with Crippen molar-refractivity contribution in [3.63, 3.8) is 0 Å². The third kappa shape index (κ3) is 2.63. The highest BCUT2D eigenvalue weighted by Gasteiger charge is 2.61. The second-order valence-corrected chi connectivity index (χ2v) is 6.63. The second-order valence-electron chi connectivity index (χ2n) is 5.42. The van der Waals surface area contributed by atoms with E-state index in [-0.39, 0.29) is 0 Å². The normalized spacial score (nSPS) is 39.5. The van der Waals surface area contributed by atoms with Crippen molar-refractivity contribution in [3.05, 3.63) is 0 Å². The first-order valence-electron chi connectivity index (χ1n) is 6.25. The van der Waals surface area contributed by atoms with Gasteiger partial charge in [-0.25, -0.2) is 4.79 Å². The third-order valence-electron chi connectivity index (χ3n) is 4.14. The zero-order valence-corrected chi connectivity index (χ0v) is 12.3. The minimum Gasteiger partial charge on any atom is -0.477 e. The first-order valence-corrected chi connectivity index (χ1v) is 7.13. The van der Waals surface area contributed by atoms with Gasteiger partial charge in [-0.3, -0.25) is 9.79 Å². The topological polar surface area (TPSA) is 76.0 Å². The van der Waals surface area contributed by atoms with Crippen LogP contribution in [0.3, 0.4) is 0 Å². The number of hydrogen-bond acceptors (Lipinski definition) is 5. The molecule has 0 aliphatic carbocycles. The average Bonchev–Trinajstić information content (AvgIpc) is 2.52. The van der Waals surface area contributed by atoms with E-state index in [2.05, 4.69) is 4.99 Å². The lowest BCUT2D eigenvalue weighted by molar-refractivity contribution is -0.189. The molecule has 0 radical (unpaired) electrons. The van der Waals surface area contributed by atoms with Crippen LogP contribution in [0.15, 0.2) is 4.99 Å². The fourth-order valence-corrected chi connectivity index (χ4v) is 3.98. The van der Waals surface area contributed by atoms with Crippen molar-refractivity contribution in [1.82, 2.24) is 0 Å². The smallest absolute Gasteiger partial charge is 0.442 e. The number of carboxylic acid groups (broad SMARTS) is 1. The van der Waals surface area contributed by atoms with Crippen LogP contribution in [0.5, 0.6) is 0 Å². The summed E-state index contributed by atoms with van der Waals surface area (Å²) in [6.07, 6.45) is -0.488. The van der Waals surface area contributed by atoms with Gasteiger partial charge in [-0.15, -0.1) is 0 Å². The standard InChI is InChI=1S/C12H14F3NO4S/c1-4-8(21-12(13,14)15)7(9(17)18)16-11(4,3)6-5(2)20-10(6)19/h4-6,8H,1-3H3,(H,17,18)/t4-,5+,6-,8?,11+/m0/s1. The van der Waals surface area contributed by atoms with Crippen LogP contribution in [-0.2, 0) is 14.3 Å². The van der Waals surface area contributed by atoms with Gasteiger partial charge in [0.15, 0.2) is 0 Å². The van der Waals surface area contributed by atoms with Gasteiger partial charge in [0, 0.05) is 5.92 Å². The average molecular weight is 325 g/mol. The van der Waals surface area contributed by atoms with Crippen molar-refractivity contribution in [2.24, 2.45) is 16.8 Å². The van der Waals surface area contributed by atoms with Crippen LogP contribution < -0.4 is 0 Å². The van der Waals surface area contributed by atoms with Crippen molar-refractivity contribution in [3.8, 4) is 0 Å². The largest absolute Gasteiger partial charge is 0.477 e. The predicted molar refractivity (Wildman–Crippen MR) is 69.1 cm³/mol. The molecule has 5 nitrogen and oxygen atoms in total. The molecule has 118 valence electrons. The minimum atomic E-state index is -4.58. The van der Waals surface area contributed by atoms with Gasteiger partial charge in [0.05, 0.1) is 10.8 Å². The molecule has 0 spiro atoms.